The van der Waals surface area contributed by atoms with E-state index < -0.39 is 21.4 Å². The van der Waals surface area contributed by atoms with Gasteiger partial charge < -0.3 is 9.08 Å². The molecule has 0 radical (unpaired) electrons. The Kier molecular flexibility index (Phi) is 7.03. The Hall–Kier alpha value is -3.18. The molecule has 11 heteroatoms. The molecule has 1 fully saturated rings. The molecule has 4 rings (SSSR count). The number of aromatic nitrogens is 2. The molecule has 0 unspecified atom stereocenters. The van der Waals surface area contributed by atoms with Crippen LogP contribution < -0.4 is 9.08 Å². The second-order valence-electron chi connectivity index (χ2n) is 7.84. The van der Waals surface area contributed by atoms with Crippen LogP contribution in [0.4, 0.5) is 18.9 Å². The van der Waals surface area contributed by atoms with Gasteiger partial charge in [-0.25, -0.2) is 9.97 Å². The van der Waals surface area contributed by atoms with Gasteiger partial charge in [0.2, 0.25) is 0 Å². The van der Waals surface area contributed by atoms with E-state index >= 15 is 0 Å². The third-order valence-electron chi connectivity index (χ3n) is 5.54. The largest absolute Gasteiger partial charge is 0.534 e. The zero-order valence-corrected chi connectivity index (χ0v) is 19.0. The maximum atomic E-state index is 12.4. The van der Waals surface area contributed by atoms with Gasteiger partial charge in [0.1, 0.15) is 5.75 Å². The van der Waals surface area contributed by atoms with E-state index in [1.54, 1.807) is 12.4 Å². The number of alkyl halides is 3. The second kappa shape index (κ2) is 9.98. The van der Waals surface area contributed by atoms with Crippen LogP contribution in [0.3, 0.4) is 0 Å². The zero-order valence-electron chi connectivity index (χ0n) is 18.1. The quantitative estimate of drug-likeness (QED) is 0.367. The average Bonchev–Trinajstić information content (AvgIpc) is 2.83. The summed E-state index contributed by atoms with van der Waals surface area (Å²) in [4.78, 5) is 13.4. The van der Waals surface area contributed by atoms with E-state index in [2.05, 4.69) is 48.2 Å². The number of halogens is 3. The first-order chi connectivity index (χ1) is 16.2. The summed E-state index contributed by atoms with van der Waals surface area (Å²) in [6.45, 7) is 4.61. The van der Waals surface area contributed by atoms with E-state index in [-0.39, 0.29) is 0 Å². The van der Waals surface area contributed by atoms with Crippen LogP contribution in [-0.4, -0.2) is 61.5 Å². The Morgan fingerprint density at radius 2 is 1.50 bits per heavy atom. The minimum absolute atomic E-state index is 0.371. The predicted octanol–water partition coefficient (Wildman–Crippen LogP) is 3.74. The first-order valence-corrected chi connectivity index (χ1v) is 12.1. The Bertz CT molecular complexity index is 1180. The van der Waals surface area contributed by atoms with Crippen molar-refractivity contribution in [3.05, 3.63) is 72.6 Å². The summed E-state index contributed by atoms with van der Waals surface area (Å²) in [7, 11) is -5.71. The highest BCUT2D eigenvalue weighted by Crippen LogP contribution is 2.28. The topological polar surface area (TPSA) is 75.6 Å². The standard InChI is InChI=1S/C23H23F3N4O3S/c24-23(25,26)34(31,32)33-21-8-6-19(7-9-21)22-27-16-20(17-28-22)30-14-12-29(13-15-30)11-10-18-4-2-1-3-5-18/h1-9,16-17H,10-15H2. The van der Waals surface area contributed by atoms with Crippen LogP contribution in [0.25, 0.3) is 11.4 Å². The van der Waals surface area contributed by atoms with Crippen LogP contribution in [-0.2, 0) is 16.5 Å². The van der Waals surface area contributed by atoms with Crippen molar-refractivity contribution in [1.29, 1.82) is 0 Å². The molecular formula is C23H23F3N4O3S. The molecule has 1 aliphatic rings. The highest BCUT2D eigenvalue weighted by Gasteiger charge is 2.48. The van der Waals surface area contributed by atoms with Gasteiger partial charge in [0.15, 0.2) is 5.82 Å². The summed E-state index contributed by atoms with van der Waals surface area (Å²) < 4.78 is 63.7. The van der Waals surface area contributed by atoms with Gasteiger partial charge in [-0.05, 0) is 36.2 Å². The lowest BCUT2D eigenvalue weighted by Crippen LogP contribution is -2.47. The van der Waals surface area contributed by atoms with Crippen molar-refractivity contribution >= 4 is 15.8 Å². The number of benzene rings is 2. The zero-order chi connectivity index (χ0) is 24.2. The molecule has 0 atom stereocenters. The van der Waals surface area contributed by atoms with Crippen LogP contribution in [0.5, 0.6) is 5.75 Å². The lowest BCUT2D eigenvalue weighted by molar-refractivity contribution is -0.0500. The normalized spacial score (nSPS) is 15.3. The third-order valence-corrected chi connectivity index (χ3v) is 6.52. The van der Waals surface area contributed by atoms with Gasteiger partial charge in [0, 0.05) is 38.3 Å². The third kappa shape index (κ3) is 5.84. The lowest BCUT2D eigenvalue weighted by Gasteiger charge is -2.35. The predicted molar refractivity (Wildman–Crippen MR) is 122 cm³/mol. The molecule has 0 saturated carbocycles. The molecule has 7 nitrogen and oxygen atoms in total. The molecule has 2 aromatic carbocycles. The van der Waals surface area contributed by atoms with Crippen LogP contribution in [0.15, 0.2) is 67.0 Å². The Balaban J connectivity index is 1.31. The number of rotatable bonds is 7. The molecule has 2 heterocycles. The van der Waals surface area contributed by atoms with Crippen LogP contribution >= 0.6 is 0 Å². The first kappa shape index (κ1) is 24.0. The molecule has 1 saturated heterocycles. The van der Waals surface area contributed by atoms with E-state index in [4.69, 9.17) is 0 Å². The van der Waals surface area contributed by atoms with E-state index in [1.165, 1.54) is 17.7 Å². The number of piperazine rings is 1. The lowest BCUT2D eigenvalue weighted by atomic mass is 10.1. The molecule has 34 heavy (non-hydrogen) atoms. The Morgan fingerprint density at radius 1 is 0.882 bits per heavy atom. The van der Waals surface area contributed by atoms with Gasteiger partial charge in [-0.2, -0.15) is 21.6 Å². The summed E-state index contributed by atoms with van der Waals surface area (Å²) >= 11 is 0. The molecule has 0 aliphatic carbocycles. The number of hydrogen-bond acceptors (Lipinski definition) is 7. The smallest absolute Gasteiger partial charge is 0.376 e. The van der Waals surface area contributed by atoms with Crippen molar-refractivity contribution in [2.45, 2.75) is 11.9 Å². The maximum Gasteiger partial charge on any atom is 0.534 e. The summed E-state index contributed by atoms with van der Waals surface area (Å²) in [6, 6.07) is 15.5. The van der Waals surface area contributed by atoms with Crippen molar-refractivity contribution in [3.8, 4) is 17.1 Å². The fraction of sp³-hybridized carbons (Fsp3) is 0.304. The fourth-order valence-corrected chi connectivity index (χ4v) is 4.09. The summed E-state index contributed by atoms with van der Waals surface area (Å²) in [5, 5.41) is 0. The minimum Gasteiger partial charge on any atom is -0.376 e. The van der Waals surface area contributed by atoms with Crippen LogP contribution in [0.2, 0.25) is 0 Å². The average molecular weight is 493 g/mol. The molecule has 0 amide bonds. The molecule has 0 N–H and O–H groups in total. The van der Waals surface area contributed by atoms with Gasteiger partial charge >= 0.3 is 15.6 Å². The van der Waals surface area contributed by atoms with Gasteiger partial charge in [0.25, 0.3) is 0 Å². The van der Waals surface area contributed by atoms with E-state index in [0.29, 0.717) is 11.4 Å². The summed E-state index contributed by atoms with van der Waals surface area (Å²) in [6.07, 6.45) is 4.44. The first-order valence-electron chi connectivity index (χ1n) is 10.7. The van der Waals surface area contributed by atoms with Crippen LogP contribution in [0, 0.1) is 0 Å². The molecule has 1 aromatic heterocycles. The number of hydrogen-bond donors (Lipinski definition) is 0. The monoisotopic (exact) mass is 492 g/mol. The SMILES string of the molecule is O=S(=O)(Oc1ccc(-c2ncc(N3CCN(CCc4ccccc4)CC3)cn2)cc1)C(F)(F)F. The minimum atomic E-state index is -5.71. The molecule has 1 aliphatic heterocycles. The van der Waals surface area contributed by atoms with Crippen molar-refractivity contribution < 1.29 is 25.8 Å². The van der Waals surface area contributed by atoms with Gasteiger partial charge in [-0.15, -0.1) is 0 Å². The molecule has 0 bridgehead atoms. The number of anilines is 1. The van der Waals surface area contributed by atoms with Gasteiger partial charge in [0.05, 0.1) is 18.1 Å². The van der Waals surface area contributed by atoms with Crippen molar-refractivity contribution in [2.75, 3.05) is 37.6 Å². The van der Waals surface area contributed by atoms with E-state index in [9.17, 15) is 21.6 Å². The van der Waals surface area contributed by atoms with Crippen molar-refractivity contribution in [3.63, 3.8) is 0 Å². The van der Waals surface area contributed by atoms with Crippen LogP contribution in [0.1, 0.15) is 5.56 Å². The van der Waals surface area contributed by atoms with E-state index in [1.807, 2.05) is 6.07 Å². The number of nitrogens with zero attached hydrogens (tertiary/aromatic N) is 4. The molecular weight excluding hydrogens is 469 g/mol. The van der Waals surface area contributed by atoms with E-state index in [0.717, 1.165) is 57.0 Å². The van der Waals surface area contributed by atoms with Crippen molar-refractivity contribution in [2.24, 2.45) is 0 Å². The summed E-state index contributed by atoms with van der Waals surface area (Å²) in [5.41, 5.74) is -2.75. The van der Waals surface area contributed by atoms with Crippen molar-refractivity contribution in [1.82, 2.24) is 14.9 Å². The van der Waals surface area contributed by atoms with Gasteiger partial charge in [-0.3, -0.25) is 4.90 Å². The molecule has 180 valence electrons. The highest BCUT2D eigenvalue weighted by atomic mass is 32.2. The molecule has 0 spiro atoms. The Labute approximate surface area is 195 Å². The van der Waals surface area contributed by atoms with Gasteiger partial charge in [-0.1, -0.05) is 30.3 Å². The highest BCUT2D eigenvalue weighted by molar-refractivity contribution is 7.88. The maximum absolute atomic E-state index is 12.4. The second-order valence-corrected chi connectivity index (χ2v) is 9.37. The Morgan fingerprint density at radius 3 is 2.09 bits per heavy atom. The summed E-state index contributed by atoms with van der Waals surface area (Å²) in [5.74, 6) is -0.0710. The molecule has 3 aromatic rings. The fourth-order valence-electron chi connectivity index (χ4n) is 3.63.